The average molecular weight is 586 g/mol. The van der Waals surface area contributed by atoms with Crippen LogP contribution in [0.25, 0.3) is 10.2 Å². The Labute approximate surface area is 237 Å². The van der Waals surface area contributed by atoms with Gasteiger partial charge in [-0.3, -0.25) is 10.1 Å². The molecule has 1 atom stereocenters. The first kappa shape index (κ1) is 27.9. The summed E-state index contributed by atoms with van der Waals surface area (Å²) in [6.45, 7) is -0.364. The molecule has 1 aromatic heterocycles. The lowest BCUT2D eigenvalue weighted by Crippen LogP contribution is -2.20. The number of aromatic nitrogens is 1. The molecule has 10 nitrogen and oxygen atoms in total. The molecule has 0 spiro atoms. The minimum absolute atomic E-state index is 0.190. The van der Waals surface area contributed by atoms with Crippen LogP contribution in [0.3, 0.4) is 0 Å². The van der Waals surface area contributed by atoms with Gasteiger partial charge in [0.25, 0.3) is 5.91 Å². The van der Waals surface area contributed by atoms with Crippen molar-refractivity contribution in [1.29, 1.82) is 0 Å². The molecule has 3 aromatic carbocycles. The molecule has 0 saturated carbocycles. The number of rotatable bonds is 10. The topological polar surface area (TPSA) is 110 Å². The fraction of sp³-hybridized carbons (Fsp3) is 0.250. The zero-order valence-electron chi connectivity index (χ0n) is 22.4. The Morgan fingerprint density at radius 3 is 2.34 bits per heavy atom. The van der Waals surface area contributed by atoms with Gasteiger partial charge in [-0.15, -0.1) is 0 Å². The fourth-order valence-corrected chi connectivity index (χ4v) is 5.15. The number of halogens is 2. The molecule has 1 aliphatic rings. The lowest BCUT2D eigenvalue weighted by atomic mass is 9.99. The third-order valence-corrected chi connectivity index (χ3v) is 7.20. The van der Waals surface area contributed by atoms with E-state index >= 15 is 0 Å². The molecule has 13 heteroatoms. The average Bonchev–Trinajstić information content (AvgIpc) is 3.62. The van der Waals surface area contributed by atoms with Gasteiger partial charge in [0, 0.05) is 18.1 Å². The molecule has 1 aliphatic heterocycles. The van der Waals surface area contributed by atoms with Crippen LogP contribution in [-0.4, -0.2) is 51.6 Å². The lowest BCUT2D eigenvalue weighted by molar-refractivity contribution is -0.118. The summed E-state index contributed by atoms with van der Waals surface area (Å²) in [6.07, 6.45) is 0.0265. The van der Waals surface area contributed by atoms with Crippen LogP contribution in [0.2, 0.25) is 0 Å². The van der Waals surface area contributed by atoms with Gasteiger partial charge in [0.2, 0.25) is 5.75 Å². The highest BCUT2D eigenvalue weighted by molar-refractivity contribution is 7.22. The molecule has 1 N–H and O–H groups in total. The Kier molecular flexibility index (Phi) is 8.06. The van der Waals surface area contributed by atoms with Gasteiger partial charge in [0.05, 0.1) is 44.4 Å². The highest BCUT2D eigenvalue weighted by Crippen LogP contribution is 2.41. The maximum absolute atomic E-state index is 13.5. The minimum atomic E-state index is -1.01. The van der Waals surface area contributed by atoms with Gasteiger partial charge in [-0.25, -0.2) is 13.8 Å². The van der Waals surface area contributed by atoms with E-state index < -0.39 is 23.6 Å². The number of amides is 1. The number of ether oxygens (including phenoxy) is 5. The SMILES string of the molecule is COc1ccc(C2CC(c3cc(OC)c(OC)c(OC)c3)=NO2)cc1OCC(=O)Nc1nc2cc(F)c(F)cc2s1. The largest absolute Gasteiger partial charge is 0.493 e. The van der Waals surface area contributed by atoms with Crippen LogP contribution in [-0.2, 0) is 9.63 Å². The van der Waals surface area contributed by atoms with Crippen molar-refractivity contribution >= 4 is 38.3 Å². The van der Waals surface area contributed by atoms with E-state index in [0.717, 1.165) is 34.6 Å². The number of anilines is 1. The second-order valence-electron chi connectivity index (χ2n) is 8.75. The summed E-state index contributed by atoms with van der Waals surface area (Å²) in [4.78, 5) is 22.4. The van der Waals surface area contributed by atoms with E-state index in [0.29, 0.717) is 45.6 Å². The summed E-state index contributed by atoms with van der Waals surface area (Å²) in [6, 6.07) is 10.9. The number of thiazole rings is 1. The third kappa shape index (κ3) is 5.80. The van der Waals surface area contributed by atoms with Gasteiger partial charge < -0.3 is 28.5 Å². The van der Waals surface area contributed by atoms with E-state index in [1.807, 2.05) is 6.07 Å². The molecule has 5 rings (SSSR count). The monoisotopic (exact) mass is 585 g/mol. The number of hydrogen-bond donors (Lipinski definition) is 1. The first-order valence-electron chi connectivity index (χ1n) is 12.2. The van der Waals surface area contributed by atoms with E-state index in [1.165, 1.54) is 28.4 Å². The van der Waals surface area contributed by atoms with Crippen molar-refractivity contribution in [2.45, 2.75) is 12.5 Å². The third-order valence-electron chi connectivity index (χ3n) is 6.26. The first-order chi connectivity index (χ1) is 19.8. The summed E-state index contributed by atoms with van der Waals surface area (Å²) in [7, 11) is 6.10. The van der Waals surface area contributed by atoms with E-state index in [-0.39, 0.29) is 17.3 Å². The molecule has 214 valence electrons. The summed E-state index contributed by atoms with van der Waals surface area (Å²) in [5, 5.41) is 7.04. The molecule has 41 heavy (non-hydrogen) atoms. The first-order valence-corrected chi connectivity index (χ1v) is 13.0. The number of hydrogen-bond acceptors (Lipinski definition) is 10. The van der Waals surface area contributed by atoms with Crippen LogP contribution in [0.4, 0.5) is 13.9 Å². The van der Waals surface area contributed by atoms with Crippen LogP contribution in [0.5, 0.6) is 28.7 Å². The fourth-order valence-electron chi connectivity index (χ4n) is 4.26. The summed E-state index contributed by atoms with van der Waals surface area (Å²) in [5.74, 6) is -0.308. The number of benzene rings is 3. The number of methoxy groups -OCH3 is 4. The Balaban J connectivity index is 1.27. The van der Waals surface area contributed by atoms with Gasteiger partial charge in [-0.05, 0) is 35.9 Å². The van der Waals surface area contributed by atoms with Crippen LogP contribution < -0.4 is 29.0 Å². The maximum Gasteiger partial charge on any atom is 0.264 e. The van der Waals surface area contributed by atoms with Gasteiger partial charge in [0.15, 0.2) is 52.5 Å². The number of nitrogens with one attached hydrogen (secondary N) is 1. The molecular formula is C28H25F2N3O7S. The van der Waals surface area contributed by atoms with Gasteiger partial charge in [-0.1, -0.05) is 22.6 Å². The molecular weight excluding hydrogens is 560 g/mol. The predicted molar refractivity (Wildman–Crippen MR) is 148 cm³/mol. The molecule has 2 heterocycles. The Hall–Kier alpha value is -4.65. The Bertz CT molecular complexity index is 1580. The van der Waals surface area contributed by atoms with Gasteiger partial charge in [-0.2, -0.15) is 0 Å². The highest BCUT2D eigenvalue weighted by Gasteiger charge is 2.27. The normalized spacial score (nSPS) is 14.3. The summed E-state index contributed by atoms with van der Waals surface area (Å²) < 4.78 is 54.8. The van der Waals surface area contributed by atoms with Crippen molar-refractivity contribution in [2.24, 2.45) is 5.16 Å². The molecule has 0 bridgehead atoms. The van der Waals surface area contributed by atoms with Crippen molar-refractivity contribution in [3.05, 3.63) is 65.2 Å². The lowest BCUT2D eigenvalue weighted by Gasteiger charge is -2.15. The van der Waals surface area contributed by atoms with Crippen LogP contribution in [0.15, 0.2) is 47.6 Å². The molecule has 0 aliphatic carbocycles. The summed E-state index contributed by atoms with van der Waals surface area (Å²) >= 11 is 1.02. The molecule has 1 unspecified atom stereocenters. The molecule has 4 aromatic rings. The van der Waals surface area contributed by atoms with Crippen LogP contribution in [0.1, 0.15) is 23.7 Å². The van der Waals surface area contributed by atoms with Gasteiger partial charge >= 0.3 is 0 Å². The van der Waals surface area contributed by atoms with E-state index in [9.17, 15) is 13.6 Å². The second kappa shape index (κ2) is 11.8. The summed E-state index contributed by atoms with van der Waals surface area (Å²) in [5.41, 5.74) is 2.43. The number of carbonyl (C=O) groups is 1. The maximum atomic E-state index is 13.5. The standard InChI is InChI=1S/C28H25F2N3O7S/c1-35-20-6-5-14(21-12-18(33-40-21)15-8-23(36-2)27(38-4)24(9-15)37-3)7-22(20)39-13-26(34)32-28-31-19-10-16(29)17(30)11-25(19)41-28/h5-11,21H,12-13H2,1-4H3,(H,31,32,34). The van der Waals surface area contributed by atoms with Gasteiger partial charge in [0.1, 0.15) is 0 Å². The minimum Gasteiger partial charge on any atom is -0.493 e. The Morgan fingerprint density at radius 2 is 1.66 bits per heavy atom. The van der Waals surface area contributed by atoms with Crippen LogP contribution in [0, 0.1) is 11.6 Å². The smallest absolute Gasteiger partial charge is 0.264 e. The van der Waals surface area contributed by atoms with Crippen molar-refractivity contribution < 1.29 is 42.1 Å². The molecule has 0 radical (unpaired) electrons. The molecule has 1 amide bonds. The van der Waals surface area contributed by atoms with Crippen molar-refractivity contribution in [3.8, 4) is 28.7 Å². The van der Waals surface area contributed by atoms with E-state index in [2.05, 4.69) is 15.5 Å². The van der Waals surface area contributed by atoms with Crippen molar-refractivity contribution in [1.82, 2.24) is 4.98 Å². The Morgan fingerprint density at radius 1 is 0.951 bits per heavy atom. The zero-order chi connectivity index (χ0) is 29.1. The molecule has 0 saturated heterocycles. The van der Waals surface area contributed by atoms with Crippen molar-refractivity contribution in [2.75, 3.05) is 40.4 Å². The predicted octanol–water partition coefficient (Wildman–Crippen LogP) is 5.49. The highest BCUT2D eigenvalue weighted by atomic mass is 32.1. The number of carbonyl (C=O) groups excluding carboxylic acids is 1. The number of nitrogens with zero attached hydrogens (tertiary/aromatic N) is 2. The van der Waals surface area contributed by atoms with Crippen LogP contribution >= 0.6 is 11.3 Å². The molecule has 0 fully saturated rings. The number of oxime groups is 1. The second-order valence-corrected chi connectivity index (χ2v) is 9.78. The van der Waals surface area contributed by atoms with E-state index in [4.69, 9.17) is 28.5 Å². The van der Waals surface area contributed by atoms with Crippen molar-refractivity contribution in [3.63, 3.8) is 0 Å². The van der Waals surface area contributed by atoms with E-state index in [1.54, 1.807) is 24.3 Å². The quantitative estimate of drug-likeness (QED) is 0.260. The zero-order valence-corrected chi connectivity index (χ0v) is 23.3. The number of fused-ring (bicyclic) bond motifs is 1.